The summed E-state index contributed by atoms with van der Waals surface area (Å²) in [5.41, 5.74) is -3.22. The molecule has 2 heterocycles. The number of aliphatic hydroxyl groups is 2. The van der Waals surface area contributed by atoms with E-state index in [1.165, 1.54) is 11.0 Å². The first-order valence-electron chi connectivity index (χ1n) is 11.5. The number of pyridine rings is 2. The Hall–Kier alpha value is -3.65. The molecule has 1 fully saturated rings. The first kappa shape index (κ1) is 27.4. The summed E-state index contributed by atoms with van der Waals surface area (Å²) in [5.74, 6) is -6.31. The average molecular weight is 544 g/mol. The number of aliphatic hydroxyl groups excluding tert-OH is 2. The topological polar surface area (TPSA) is 108 Å². The molecule has 1 atom stereocenters. The van der Waals surface area contributed by atoms with Crippen LogP contribution in [0, 0.1) is 23.4 Å². The predicted octanol–water partition coefficient (Wildman–Crippen LogP) is 2.66. The SMILES string of the molecule is O=C(NC(C1CC1)C(F)(F)F)c1cn(-c2c(F)cc(F)cc2F)c2nc(N(CCO)CCO)ccc2c1=O. The maximum atomic E-state index is 14.8. The molecular weight excluding hydrogens is 522 g/mol. The number of nitrogens with zero attached hydrogens (tertiary/aromatic N) is 3. The van der Waals surface area contributed by atoms with Crippen molar-refractivity contribution in [3.8, 4) is 5.69 Å². The molecule has 0 radical (unpaired) electrons. The fourth-order valence-corrected chi connectivity index (χ4v) is 4.16. The minimum atomic E-state index is -4.79. The molecule has 4 rings (SSSR count). The molecule has 3 N–H and O–H groups in total. The molecule has 1 amide bonds. The van der Waals surface area contributed by atoms with Gasteiger partial charge in [-0.2, -0.15) is 13.2 Å². The number of halogens is 6. The number of amides is 1. The number of alkyl halides is 3. The minimum absolute atomic E-state index is 0.0109. The van der Waals surface area contributed by atoms with E-state index >= 15 is 0 Å². The van der Waals surface area contributed by atoms with Gasteiger partial charge in [-0.05, 0) is 30.9 Å². The van der Waals surface area contributed by atoms with E-state index in [4.69, 9.17) is 0 Å². The zero-order chi connectivity index (χ0) is 27.8. The van der Waals surface area contributed by atoms with E-state index in [-0.39, 0.29) is 50.3 Å². The van der Waals surface area contributed by atoms with E-state index in [0.29, 0.717) is 22.9 Å². The van der Waals surface area contributed by atoms with E-state index < -0.39 is 63.8 Å². The summed E-state index contributed by atoms with van der Waals surface area (Å²) in [5, 5.41) is 20.1. The van der Waals surface area contributed by atoms with Gasteiger partial charge in [-0.15, -0.1) is 0 Å². The van der Waals surface area contributed by atoms with Gasteiger partial charge >= 0.3 is 6.18 Å². The van der Waals surface area contributed by atoms with Gasteiger partial charge in [0.05, 0.1) is 18.6 Å². The molecule has 1 aliphatic carbocycles. The molecular formula is C24H22F6N4O4. The Balaban J connectivity index is 1.93. The van der Waals surface area contributed by atoms with Crippen molar-refractivity contribution in [2.45, 2.75) is 25.1 Å². The largest absolute Gasteiger partial charge is 0.408 e. The molecule has 38 heavy (non-hydrogen) atoms. The van der Waals surface area contributed by atoms with E-state index in [9.17, 15) is 46.1 Å². The van der Waals surface area contributed by atoms with E-state index in [1.54, 1.807) is 0 Å². The molecule has 0 aliphatic heterocycles. The molecule has 204 valence electrons. The van der Waals surface area contributed by atoms with Gasteiger partial charge in [0.25, 0.3) is 5.91 Å². The number of rotatable bonds is 9. The molecule has 0 saturated heterocycles. The highest BCUT2D eigenvalue weighted by Crippen LogP contribution is 2.40. The van der Waals surface area contributed by atoms with Crippen molar-refractivity contribution in [3.05, 3.63) is 63.7 Å². The molecule has 1 saturated carbocycles. The van der Waals surface area contributed by atoms with Gasteiger partial charge in [-0.1, -0.05) is 0 Å². The second-order valence-corrected chi connectivity index (χ2v) is 8.76. The van der Waals surface area contributed by atoms with Crippen molar-refractivity contribution < 1.29 is 41.4 Å². The Morgan fingerprint density at radius 2 is 1.71 bits per heavy atom. The van der Waals surface area contributed by atoms with Gasteiger partial charge in [0, 0.05) is 31.4 Å². The maximum Gasteiger partial charge on any atom is 0.408 e. The second kappa shape index (κ2) is 10.6. The smallest absolute Gasteiger partial charge is 0.395 e. The van der Waals surface area contributed by atoms with Crippen LogP contribution >= 0.6 is 0 Å². The molecule has 2 aromatic heterocycles. The number of fused-ring (bicyclic) bond motifs is 1. The number of anilines is 1. The molecule has 3 aromatic rings. The number of carbonyl (C=O) groups is 1. The van der Waals surface area contributed by atoms with Crippen LogP contribution in [0.4, 0.5) is 32.2 Å². The molecule has 14 heteroatoms. The third-order valence-electron chi connectivity index (χ3n) is 6.10. The first-order chi connectivity index (χ1) is 18.0. The van der Waals surface area contributed by atoms with Crippen LogP contribution in [-0.4, -0.2) is 64.2 Å². The van der Waals surface area contributed by atoms with Crippen LogP contribution in [0.3, 0.4) is 0 Å². The fraction of sp³-hybridized carbons (Fsp3) is 0.375. The van der Waals surface area contributed by atoms with Crippen molar-refractivity contribution >= 4 is 22.8 Å². The molecule has 0 bridgehead atoms. The number of aromatic nitrogens is 2. The van der Waals surface area contributed by atoms with Crippen LogP contribution in [0.25, 0.3) is 16.7 Å². The highest BCUT2D eigenvalue weighted by Gasteiger charge is 2.49. The Bertz CT molecular complexity index is 1390. The van der Waals surface area contributed by atoms with Gasteiger partial charge in [0.2, 0.25) is 5.43 Å². The summed E-state index contributed by atoms with van der Waals surface area (Å²) in [6.45, 7) is -0.728. The highest BCUT2D eigenvalue weighted by atomic mass is 19.4. The zero-order valence-electron chi connectivity index (χ0n) is 19.6. The van der Waals surface area contributed by atoms with Crippen molar-refractivity contribution in [2.24, 2.45) is 5.92 Å². The monoisotopic (exact) mass is 544 g/mol. The van der Waals surface area contributed by atoms with Crippen molar-refractivity contribution in [3.63, 3.8) is 0 Å². The Morgan fingerprint density at radius 3 is 2.24 bits per heavy atom. The van der Waals surface area contributed by atoms with Crippen LogP contribution in [0.5, 0.6) is 0 Å². The summed E-state index contributed by atoms with van der Waals surface area (Å²) >= 11 is 0. The van der Waals surface area contributed by atoms with Crippen LogP contribution < -0.4 is 15.6 Å². The van der Waals surface area contributed by atoms with E-state index in [0.717, 1.165) is 6.07 Å². The summed E-state index contributed by atoms with van der Waals surface area (Å²) in [6.07, 6.45) is -3.69. The first-order valence-corrected chi connectivity index (χ1v) is 11.5. The second-order valence-electron chi connectivity index (χ2n) is 8.76. The van der Waals surface area contributed by atoms with E-state index in [2.05, 4.69) is 4.98 Å². The van der Waals surface area contributed by atoms with E-state index in [1.807, 2.05) is 5.32 Å². The standard InChI is InChI=1S/C24H22F6N4O4/c25-13-9-16(26)19(17(27)10-13)34-11-15(23(38)32-21(12-1-2-12)24(28,29)30)20(37)14-3-4-18(31-22(14)34)33(5-7-35)6-8-36/h3-4,9-12,21,35-36H,1-2,5-8H2,(H,32,38). The number of carbonyl (C=O) groups excluding carboxylic acids is 1. The normalized spacial score (nSPS) is 14.5. The van der Waals surface area contributed by atoms with Gasteiger partial charge < -0.3 is 20.4 Å². The lowest BCUT2D eigenvalue weighted by molar-refractivity contribution is -0.158. The Kier molecular flexibility index (Phi) is 7.65. The van der Waals surface area contributed by atoms with Gasteiger partial charge in [-0.25, -0.2) is 18.2 Å². The quantitative estimate of drug-likeness (QED) is 0.358. The zero-order valence-corrected chi connectivity index (χ0v) is 19.6. The summed E-state index contributed by atoms with van der Waals surface area (Å²) < 4.78 is 84.3. The number of hydrogen-bond acceptors (Lipinski definition) is 6. The molecule has 1 aromatic carbocycles. The highest BCUT2D eigenvalue weighted by molar-refractivity contribution is 5.97. The molecule has 1 unspecified atom stereocenters. The van der Waals surface area contributed by atoms with Crippen LogP contribution in [0.15, 0.2) is 35.3 Å². The lowest BCUT2D eigenvalue weighted by Gasteiger charge is -2.23. The number of hydrogen-bond donors (Lipinski definition) is 3. The average Bonchev–Trinajstić information content (AvgIpc) is 3.67. The minimum Gasteiger partial charge on any atom is -0.395 e. The van der Waals surface area contributed by atoms with Crippen molar-refractivity contribution in [2.75, 3.05) is 31.2 Å². The molecule has 0 spiro atoms. The number of nitrogens with one attached hydrogen (secondary N) is 1. The lowest BCUT2D eigenvalue weighted by atomic mass is 10.1. The van der Waals surface area contributed by atoms with Crippen molar-refractivity contribution in [1.82, 2.24) is 14.9 Å². The van der Waals surface area contributed by atoms with Crippen LogP contribution in [0.1, 0.15) is 23.2 Å². The molecule has 1 aliphatic rings. The van der Waals surface area contributed by atoms with Gasteiger partial charge in [0.15, 0.2) is 17.3 Å². The lowest BCUT2D eigenvalue weighted by Crippen LogP contribution is -2.48. The van der Waals surface area contributed by atoms with Gasteiger partial charge in [0.1, 0.15) is 28.9 Å². The van der Waals surface area contributed by atoms with Crippen LogP contribution in [-0.2, 0) is 0 Å². The molecule has 8 nitrogen and oxygen atoms in total. The summed E-state index contributed by atoms with van der Waals surface area (Å²) in [4.78, 5) is 31.7. The third-order valence-corrected chi connectivity index (χ3v) is 6.10. The summed E-state index contributed by atoms with van der Waals surface area (Å²) in [7, 11) is 0. The fourth-order valence-electron chi connectivity index (χ4n) is 4.16. The Labute approximate surface area is 211 Å². The van der Waals surface area contributed by atoms with Crippen LogP contribution in [0.2, 0.25) is 0 Å². The van der Waals surface area contributed by atoms with Gasteiger partial charge in [-0.3, -0.25) is 14.2 Å². The summed E-state index contributed by atoms with van der Waals surface area (Å²) in [6, 6.07) is 0.909. The predicted molar refractivity (Wildman–Crippen MR) is 124 cm³/mol. The number of benzene rings is 1. The maximum absolute atomic E-state index is 14.8. The third kappa shape index (κ3) is 5.45. The van der Waals surface area contributed by atoms with Crippen molar-refractivity contribution in [1.29, 1.82) is 0 Å². The Morgan fingerprint density at radius 1 is 1.11 bits per heavy atom.